The van der Waals surface area contributed by atoms with Gasteiger partial charge in [0.05, 0.1) is 35.9 Å². The average molecular weight is 2270 g/mol. The number of H-pyrrole nitrogens is 1. The molecule has 34 nitrogen and oxygen atoms in total. The van der Waals surface area contributed by atoms with Crippen LogP contribution in [0.5, 0.6) is 5.75 Å². The van der Waals surface area contributed by atoms with E-state index in [0.29, 0.717) is 40.4 Å². The van der Waals surface area contributed by atoms with Crippen LogP contribution in [-0.4, -0.2) is 233 Å². The Hall–Kier alpha value is -8.99. The summed E-state index contributed by atoms with van der Waals surface area (Å²) in [5, 5.41) is 94.7. The zero-order valence-corrected chi connectivity index (χ0v) is 84.0. The van der Waals surface area contributed by atoms with Crippen LogP contribution in [0.2, 0.25) is 0 Å². The summed E-state index contributed by atoms with van der Waals surface area (Å²) in [4.78, 5) is 195. The van der Waals surface area contributed by atoms with Gasteiger partial charge in [-0.15, -0.1) is 0 Å². The molecule has 19 N–H and O–H groups in total. The number of aliphatic hydroxyl groups is 5. The number of esters is 3. The van der Waals surface area contributed by atoms with Crippen molar-refractivity contribution in [3.05, 3.63) is 221 Å². The maximum Gasteiger partial charge on any atom is 0.350 e. The largest absolute Gasteiger partial charge is 0.508 e. The van der Waals surface area contributed by atoms with E-state index in [4.69, 9.17) is 30.4 Å². The van der Waals surface area contributed by atoms with Crippen LogP contribution < -0.4 is 54.0 Å². The Bertz CT molecular complexity index is 5300. The average Bonchev–Trinajstić information content (AvgIpc) is 0.778. The number of nitrogens with one attached hydrogen (secondary N) is 9. The van der Waals surface area contributed by atoms with Gasteiger partial charge in [-0.2, -0.15) is 0 Å². The first-order valence-corrected chi connectivity index (χ1v) is 45.2. The predicted molar refractivity (Wildman–Crippen MR) is 472 cm³/mol. The summed E-state index contributed by atoms with van der Waals surface area (Å²) < 4.78 is 24.8. The number of aliphatic hydroxyl groups excluding tert-OH is 3. The van der Waals surface area contributed by atoms with Gasteiger partial charge in [0.25, 0.3) is 5.91 Å². The second kappa shape index (κ2) is 46.3. The molecule has 692 valence electrons. The number of aromatic nitrogens is 1. The van der Waals surface area contributed by atoms with Gasteiger partial charge in [-0.1, -0.05) is 163 Å². The molecule has 4 fully saturated rings. The molecule has 38 heteroatoms. The Labute approximate surface area is 835 Å². The van der Waals surface area contributed by atoms with Gasteiger partial charge in [0.1, 0.15) is 83.6 Å². The molecule has 5 aliphatic rings. The number of primary amides is 1. The molecule has 2 saturated heterocycles. The number of ketones is 1. The van der Waals surface area contributed by atoms with Gasteiger partial charge in [-0.3, -0.25) is 52.7 Å². The summed E-state index contributed by atoms with van der Waals surface area (Å²) >= 11 is 0. The smallest absolute Gasteiger partial charge is 0.350 e. The van der Waals surface area contributed by atoms with Crippen LogP contribution in [0.15, 0.2) is 187 Å². The fraction of sp³-hybridized carbons (Fsp3) is 0.430. The minimum Gasteiger partial charge on any atom is -0.508 e. The number of phenolic OH excluding ortho intramolecular Hbond substituents is 1. The number of hydrogen-bond acceptors (Lipinski definition) is 26. The minimum absolute atomic E-state index is 0. The first-order chi connectivity index (χ1) is 61.5. The molecule has 12 rings (SSSR count). The number of aromatic hydroxyl groups is 1. The molecular formula is C93H109Ac2N11O23S2. The number of fused-ring (bicyclic) bond motifs is 6. The van der Waals surface area contributed by atoms with E-state index in [0.717, 1.165) is 21.6 Å². The predicted octanol–water partition coefficient (Wildman–Crippen LogP) is 3.01. The van der Waals surface area contributed by atoms with Crippen molar-refractivity contribution >= 4 is 109 Å². The molecule has 0 unspecified atom stereocenters. The van der Waals surface area contributed by atoms with Gasteiger partial charge in [-0.05, 0) is 129 Å². The Morgan fingerprint density at radius 1 is 0.664 bits per heavy atom. The normalized spacial score (nSPS) is 26.1. The maximum atomic E-state index is 15.8. The van der Waals surface area contributed by atoms with Crippen molar-refractivity contribution in [2.24, 2.45) is 28.2 Å². The molecule has 19 atom stereocenters. The van der Waals surface area contributed by atoms with Crippen LogP contribution in [0.3, 0.4) is 0 Å². The van der Waals surface area contributed by atoms with E-state index in [9.17, 15) is 64.2 Å². The van der Waals surface area contributed by atoms with Crippen molar-refractivity contribution in [2.75, 3.05) is 24.7 Å². The molecule has 9 amide bonds. The number of phenols is 1. The standard InChI is InChI=1S/C93H109N11O23S2.2Ac/c1-50-67(45-93(123)79(127-88(120)56-29-16-9-17-30-56)77-91(5,68(107)44-69-92(77,122)49-124-69)78(111)75(110)72(50)90(93,3)4)125-89(121)76(74(54-25-12-7-13-26-54)104-81(113)55-27-14-8-15-28-55)126-71(109)35-22-34-70(108)97-62(41-52-23-10-6-11-24-52)83(115)102-65-47-128-129-48-66(87(119)103-73(51(2)105)80(95)112)101-82(114)61(33-20-21-40-94)98-85(117)64(43-57-46-96-60-32-19-18-31-59(57)60)100-84(116)63(99-86(65)118)42-53-36-38-58(106)39-37-53;;/h6-19,23-32,36-39,46,51,61-69,73-77,79,96,105-107,110,122-123H,20-22,33-35,40-45,47-49,94H2,1-5H3,(H2,95,112)(H,97,108)(H,98,117)(H,99,118)(H,100,116)(H,101,114)(H,102,115)(H,103,119)(H,104,113);;/t51-,61+,62-,63+,64-,65+,66+,67+,68+,69-,73+,74+,75-,76-,77+,79+,91-,92+,93-;;/m1../s1. The van der Waals surface area contributed by atoms with Gasteiger partial charge in [-0.25, -0.2) is 9.59 Å². The van der Waals surface area contributed by atoms with E-state index in [-0.39, 0.29) is 178 Å². The number of para-hydroxylation sites is 1. The summed E-state index contributed by atoms with van der Waals surface area (Å²) in [6, 6.07) is 32.1. The van der Waals surface area contributed by atoms with E-state index < -0.39 is 222 Å². The van der Waals surface area contributed by atoms with Crippen LogP contribution in [0.25, 0.3) is 10.9 Å². The van der Waals surface area contributed by atoms with E-state index in [2.05, 4.69) is 47.5 Å². The van der Waals surface area contributed by atoms with Crippen molar-refractivity contribution in [3.63, 3.8) is 0 Å². The molecule has 131 heavy (non-hydrogen) atoms. The zero-order chi connectivity index (χ0) is 92.8. The summed E-state index contributed by atoms with van der Waals surface area (Å²) in [5.74, 6) is -15.4. The van der Waals surface area contributed by atoms with Crippen molar-refractivity contribution in [2.45, 2.75) is 208 Å². The number of unbranched alkanes of at least 4 members (excludes halogenated alkanes) is 1. The molecule has 3 aliphatic carbocycles. The molecule has 6 aromatic carbocycles. The van der Waals surface area contributed by atoms with E-state index in [1.54, 1.807) is 115 Å². The van der Waals surface area contributed by atoms with Crippen LogP contribution in [0, 0.1) is 105 Å². The van der Waals surface area contributed by atoms with Gasteiger partial charge in [0.15, 0.2) is 5.78 Å². The zero-order valence-electron chi connectivity index (χ0n) is 72.8. The Kier molecular flexibility index (Phi) is 36.8. The molecule has 2 saturated carbocycles. The first-order valence-electron chi connectivity index (χ1n) is 42.7. The molecule has 2 aliphatic heterocycles. The monoisotopic (exact) mass is 2270 g/mol. The fourth-order valence-corrected chi connectivity index (χ4v) is 20.1. The minimum atomic E-state index is -2.55. The number of hydrogen-bond donors (Lipinski definition) is 17. The fourth-order valence-electron chi connectivity index (χ4n) is 17.8. The van der Waals surface area contributed by atoms with Crippen molar-refractivity contribution in [3.8, 4) is 5.75 Å². The number of amides is 9. The van der Waals surface area contributed by atoms with Gasteiger partial charge < -0.3 is 109 Å². The van der Waals surface area contributed by atoms with Crippen molar-refractivity contribution in [1.29, 1.82) is 0 Å². The molecular weight excluding hydrogens is 2160 g/mol. The molecule has 2 bridgehead atoms. The van der Waals surface area contributed by atoms with E-state index >= 15 is 28.8 Å². The molecule has 7 aromatic rings. The maximum absolute atomic E-state index is 15.8. The third-order valence-corrected chi connectivity index (χ3v) is 27.5. The summed E-state index contributed by atoms with van der Waals surface area (Å²) in [6.07, 6.45) is -13.2. The van der Waals surface area contributed by atoms with E-state index in [1.807, 2.05) is 0 Å². The SMILES string of the molecule is CC1=C2[C@@H](O)C(=O)[C@@]3(C)[C@H]([C@H](OC(=O)c4ccccc4)[C@](O)(C[C@@H]1OC(=O)[C@H](OC(=O)CCCC(=O)N[C@H](Cc1ccccc1)C(=O)N[C@H]1CSSC[C@@H](C(=O)N[C@H](C(N)=O)[C@@H](C)O)NC(=O)[C@H](CCCCN)NC(=O)[C@@H](Cc4c[nH]c5ccccc45)NC(=O)[C@H](Cc4ccc(O)cc4)NC1=O)[C@@H](NC(=O)c1ccccc1)c1ccccc1)C2(C)C)[C@]1(O)CO[C@@H]1C[C@@H]3O.[Ac].[Ac]. The van der Waals surface area contributed by atoms with E-state index in [1.165, 1.54) is 95.3 Å². The number of Topliss-reactive ketones (excluding diaryl/α,β-unsaturated/α-hetero) is 1. The number of carbonyl (C=O) groups excluding carboxylic acids is 13. The van der Waals surface area contributed by atoms with Crippen molar-refractivity contribution < 1.29 is 200 Å². The second-order valence-corrected chi connectivity index (χ2v) is 36.6. The molecule has 1 aromatic heterocycles. The van der Waals surface area contributed by atoms with Crippen LogP contribution >= 0.6 is 21.6 Å². The van der Waals surface area contributed by atoms with Crippen LogP contribution in [0.1, 0.15) is 135 Å². The number of ether oxygens (including phenoxy) is 4. The quantitative estimate of drug-likeness (QED) is 0.0101. The van der Waals surface area contributed by atoms with Gasteiger partial charge in [0, 0.05) is 179 Å². The number of rotatable bonds is 30. The van der Waals surface area contributed by atoms with Gasteiger partial charge >= 0.3 is 17.9 Å². The number of benzene rings is 6. The molecule has 3 heterocycles. The van der Waals surface area contributed by atoms with Crippen LogP contribution in [-0.2, 0) is 90.9 Å². The molecule has 0 spiro atoms. The number of aromatic amines is 1. The number of nitrogens with two attached hydrogens (primary N) is 2. The summed E-state index contributed by atoms with van der Waals surface area (Å²) in [6.45, 7) is 6.70. The second-order valence-electron chi connectivity index (χ2n) is 34.1. The topological polar surface area (TPSA) is 544 Å². The Balaban J connectivity index is 0.00000891. The Morgan fingerprint density at radius 2 is 1.26 bits per heavy atom. The van der Waals surface area contributed by atoms with Gasteiger partial charge in [0.2, 0.25) is 53.4 Å². The van der Waals surface area contributed by atoms with Crippen molar-refractivity contribution in [1.82, 2.24) is 47.5 Å². The molecule has 2 radical (unpaired) electrons. The third-order valence-electron chi connectivity index (χ3n) is 25.1. The third kappa shape index (κ3) is 24.4. The Morgan fingerprint density at radius 3 is 1.89 bits per heavy atom. The number of carbonyl (C=O) groups is 13. The summed E-state index contributed by atoms with van der Waals surface area (Å²) in [7, 11) is 1.82. The van der Waals surface area contributed by atoms with Crippen LogP contribution in [0.4, 0.5) is 0 Å². The first kappa shape index (κ1) is 104. The summed E-state index contributed by atoms with van der Waals surface area (Å²) in [5.41, 5.74) is 5.15.